The predicted octanol–water partition coefficient (Wildman–Crippen LogP) is 1.16. The van der Waals surface area contributed by atoms with Crippen molar-refractivity contribution in [2.45, 2.75) is 18.6 Å². The van der Waals surface area contributed by atoms with Crippen molar-refractivity contribution in [2.24, 2.45) is 0 Å². The molecule has 0 spiro atoms. The number of nitrogens with one attached hydrogen (secondary N) is 2. The monoisotopic (exact) mass is 315 g/mol. The molecule has 0 aliphatic rings. The van der Waals surface area contributed by atoms with Gasteiger partial charge in [0.2, 0.25) is 5.03 Å². The Morgan fingerprint density at radius 1 is 1.48 bits per heavy atom. The molecule has 7 nitrogen and oxygen atoms in total. The van der Waals surface area contributed by atoms with Gasteiger partial charge in [-0.3, -0.25) is 9.82 Å². The molecule has 1 aromatic carbocycles. The number of ether oxygens (including phenoxy) is 1. The van der Waals surface area contributed by atoms with Crippen molar-refractivity contribution in [1.29, 1.82) is 0 Å². The van der Waals surface area contributed by atoms with Gasteiger partial charge in [0.15, 0.2) is 11.6 Å². The van der Waals surface area contributed by atoms with E-state index in [1.165, 1.54) is 19.2 Å². The number of methoxy groups -OCH3 is 1. The molecule has 3 N–H and O–H groups in total. The molecule has 0 radical (unpaired) electrons. The zero-order chi connectivity index (χ0) is 15.6. The first-order valence-electron chi connectivity index (χ1n) is 5.90. The Kier molecular flexibility index (Phi) is 4.14. The highest BCUT2D eigenvalue weighted by Crippen LogP contribution is 2.24. The summed E-state index contributed by atoms with van der Waals surface area (Å²) in [6, 6.07) is 3.55. The van der Waals surface area contributed by atoms with E-state index in [0.29, 0.717) is 5.69 Å². The number of aliphatic hydroxyl groups is 1. The molecule has 1 aromatic heterocycles. The fourth-order valence-corrected chi connectivity index (χ4v) is 3.01. The van der Waals surface area contributed by atoms with Gasteiger partial charge in [0, 0.05) is 17.3 Å². The quantitative estimate of drug-likeness (QED) is 0.768. The van der Waals surface area contributed by atoms with Gasteiger partial charge in [-0.15, -0.1) is 0 Å². The minimum Gasteiger partial charge on any atom is -0.494 e. The van der Waals surface area contributed by atoms with Crippen LogP contribution in [0.3, 0.4) is 0 Å². The number of hydrogen-bond donors (Lipinski definition) is 3. The van der Waals surface area contributed by atoms with Crippen LogP contribution in [-0.4, -0.2) is 30.8 Å². The fraction of sp³-hybridized carbons (Fsp3) is 0.250. The van der Waals surface area contributed by atoms with Gasteiger partial charge >= 0.3 is 0 Å². The van der Waals surface area contributed by atoms with Gasteiger partial charge in [-0.1, -0.05) is 0 Å². The lowest BCUT2D eigenvalue weighted by Crippen LogP contribution is -2.15. The number of hydrogen-bond acceptors (Lipinski definition) is 5. The molecular weight excluding hydrogens is 301 g/mol. The van der Waals surface area contributed by atoms with Gasteiger partial charge in [0.25, 0.3) is 10.0 Å². The molecule has 0 aliphatic carbocycles. The van der Waals surface area contributed by atoms with Crippen molar-refractivity contribution in [2.75, 3.05) is 11.8 Å². The van der Waals surface area contributed by atoms with E-state index in [4.69, 9.17) is 4.74 Å². The molecule has 9 heteroatoms. The van der Waals surface area contributed by atoms with Crippen LogP contribution in [0.5, 0.6) is 5.75 Å². The molecule has 0 saturated carbocycles. The average Bonchev–Trinajstić information content (AvgIpc) is 2.82. The van der Waals surface area contributed by atoms with Crippen LogP contribution in [0.4, 0.5) is 10.1 Å². The summed E-state index contributed by atoms with van der Waals surface area (Å²) in [7, 11) is -2.73. The lowest BCUT2D eigenvalue weighted by atomic mass is 10.3. The molecule has 0 aliphatic heterocycles. The van der Waals surface area contributed by atoms with E-state index < -0.39 is 22.4 Å². The van der Waals surface area contributed by atoms with Crippen LogP contribution >= 0.6 is 0 Å². The summed E-state index contributed by atoms with van der Waals surface area (Å²) in [6.45, 7) is 1.13. The molecule has 0 atom stereocenters. The number of anilines is 1. The van der Waals surface area contributed by atoms with E-state index in [-0.39, 0.29) is 22.0 Å². The number of aromatic amines is 1. The first-order valence-corrected chi connectivity index (χ1v) is 7.38. The molecule has 1 heterocycles. The predicted molar refractivity (Wildman–Crippen MR) is 73.0 cm³/mol. The van der Waals surface area contributed by atoms with Crippen molar-refractivity contribution in [3.05, 3.63) is 35.3 Å². The van der Waals surface area contributed by atoms with Gasteiger partial charge < -0.3 is 9.84 Å². The smallest absolute Gasteiger partial charge is 0.281 e. The Labute approximate surface area is 120 Å². The topological polar surface area (TPSA) is 104 Å². The minimum absolute atomic E-state index is 0.0872. The second-order valence-corrected chi connectivity index (χ2v) is 5.84. The Bertz CT molecular complexity index is 758. The van der Waals surface area contributed by atoms with Crippen LogP contribution in [-0.2, 0) is 16.6 Å². The lowest BCUT2D eigenvalue weighted by Gasteiger charge is -2.09. The zero-order valence-corrected chi connectivity index (χ0v) is 12.2. The number of benzene rings is 1. The zero-order valence-electron chi connectivity index (χ0n) is 11.3. The van der Waals surface area contributed by atoms with Crippen LogP contribution in [0.1, 0.15) is 11.3 Å². The normalized spacial score (nSPS) is 11.4. The fourth-order valence-electron chi connectivity index (χ4n) is 1.77. The highest BCUT2D eigenvalue weighted by Gasteiger charge is 2.23. The molecule has 0 fully saturated rings. The number of aryl methyl sites for hydroxylation is 1. The minimum atomic E-state index is -4.00. The molecule has 2 rings (SSSR count). The van der Waals surface area contributed by atoms with E-state index in [0.717, 1.165) is 6.07 Å². The Morgan fingerprint density at radius 3 is 2.81 bits per heavy atom. The molecule has 0 unspecified atom stereocenters. The number of nitrogens with zero attached hydrogens (tertiary/aromatic N) is 1. The summed E-state index contributed by atoms with van der Waals surface area (Å²) >= 11 is 0. The van der Waals surface area contributed by atoms with Crippen molar-refractivity contribution in [3.63, 3.8) is 0 Å². The summed E-state index contributed by atoms with van der Waals surface area (Å²) in [5.74, 6) is -0.692. The van der Waals surface area contributed by atoms with Crippen molar-refractivity contribution >= 4 is 15.7 Å². The highest BCUT2D eigenvalue weighted by atomic mass is 32.2. The van der Waals surface area contributed by atoms with Crippen LogP contribution in [0.2, 0.25) is 0 Å². The summed E-state index contributed by atoms with van der Waals surface area (Å²) in [5.41, 5.74) is 0.754. The Morgan fingerprint density at radius 2 is 2.19 bits per heavy atom. The SMILES string of the molecule is COc1cc(NS(=O)(=O)c2n[nH]c(C)c2CO)ccc1F. The van der Waals surface area contributed by atoms with Crippen LogP contribution in [0, 0.1) is 12.7 Å². The average molecular weight is 315 g/mol. The lowest BCUT2D eigenvalue weighted by molar-refractivity contribution is 0.277. The summed E-state index contributed by atoms with van der Waals surface area (Å²) in [4.78, 5) is 0. The largest absolute Gasteiger partial charge is 0.494 e. The highest BCUT2D eigenvalue weighted by molar-refractivity contribution is 7.92. The summed E-state index contributed by atoms with van der Waals surface area (Å²) < 4.78 is 44.8. The van der Waals surface area contributed by atoms with Crippen LogP contribution < -0.4 is 9.46 Å². The van der Waals surface area contributed by atoms with Gasteiger partial charge in [-0.25, -0.2) is 4.39 Å². The number of halogens is 1. The molecule has 114 valence electrons. The standard InChI is InChI=1S/C12H14FN3O4S/c1-7-9(6-17)12(15-14-7)21(18,19)16-8-3-4-10(13)11(5-8)20-2/h3-5,16-17H,6H2,1-2H3,(H,14,15). The Hall–Kier alpha value is -2.13. The van der Waals surface area contributed by atoms with Gasteiger partial charge in [0.1, 0.15) is 0 Å². The number of aromatic nitrogens is 2. The molecular formula is C12H14FN3O4S. The number of aliphatic hydroxyl groups excluding tert-OH is 1. The maximum absolute atomic E-state index is 13.3. The third-order valence-corrected chi connectivity index (χ3v) is 4.20. The molecule has 21 heavy (non-hydrogen) atoms. The van der Waals surface area contributed by atoms with Crippen LogP contribution in [0.15, 0.2) is 23.2 Å². The molecule has 2 aromatic rings. The van der Waals surface area contributed by atoms with Gasteiger partial charge in [0.05, 0.1) is 19.4 Å². The summed E-state index contributed by atoms with van der Waals surface area (Å²) in [5, 5.41) is 15.1. The van der Waals surface area contributed by atoms with Gasteiger partial charge in [-0.05, 0) is 19.1 Å². The van der Waals surface area contributed by atoms with E-state index >= 15 is 0 Å². The van der Waals surface area contributed by atoms with Crippen molar-refractivity contribution in [1.82, 2.24) is 10.2 Å². The van der Waals surface area contributed by atoms with Crippen molar-refractivity contribution in [3.8, 4) is 5.75 Å². The van der Waals surface area contributed by atoms with Gasteiger partial charge in [-0.2, -0.15) is 13.5 Å². The van der Waals surface area contributed by atoms with Crippen molar-refractivity contribution < 1.29 is 22.7 Å². The Balaban J connectivity index is 2.37. The third kappa shape index (κ3) is 2.98. The van der Waals surface area contributed by atoms with Crippen LogP contribution in [0.25, 0.3) is 0 Å². The second kappa shape index (κ2) is 5.70. The maximum Gasteiger partial charge on any atom is 0.281 e. The molecule has 0 bridgehead atoms. The third-order valence-electron chi connectivity index (χ3n) is 2.85. The number of rotatable bonds is 5. The van der Waals surface area contributed by atoms with E-state index in [2.05, 4.69) is 14.9 Å². The number of H-pyrrole nitrogens is 1. The molecule has 0 saturated heterocycles. The van der Waals surface area contributed by atoms with E-state index in [1.54, 1.807) is 6.92 Å². The van der Waals surface area contributed by atoms with E-state index in [9.17, 15) is 17.9 Å². The molecule has 0 amide bonds. The number of sulfonamides is 1. The first-order chi connectivity index (χ1) is 9.89. The maximum atomic E-state index is 13.3. The second-order valence-electron chi connectivity index (χ2n) is 4.25. The summed E-state index contributed by atoms with van der Waals surface area (Å²) in [6.07, 6.45) is 0. The first kappa shape index (κ1) is 15.3. The van der Waals surface area contributed by atoms with E-state index in [1.807, 2.05) is 0 Å².